The van der Waals surface area contributed by atoms with Crippen LogP contribution in [0.25, 0.3) is 0 Å². The van der Waals surface area contributed by atoms with Gasteiger partial charge < -0.3 is 14.8 Å². The maximum atomic E-state index is 12.1. The Kier molecular flexibility index (Phi) is 5.50. The lowest BCUT2D eigenvalue weighted by Crippen LogP contribution is -2.41. The topological polar surface area (TPSA) is 126 Å². The molecule has 0 unspecified atom stereocenters. The van der Waals surface area contributed by atoms with Gasteiger partial charge in [-0.1, -0.05) is 13.8 Å². The number of carboxylic acid groups (broad SMARTS) is 1. The SMILES string of the molecule is COC(=O)c1cc(S(=O)(=O)N[C@H](CC(C)C)C(=O)O)c[nH]1. The number of aromatic amines is 1. The third-order valence-corrected chi connectivity index (χ3v) is 4.13. The number of methoxy groups -OCH3 is 1. The van der Waals surface area contributed by atoms with Gasteiger partial charge in [-0.3, -0.25) is 4.79 Å². The first-order chi connectivity index (χ1) is 9.67. The number of aliphatic carboxylic acids is 1. The molecule has 0 fully saturated rings. The molecule has 0 spiro atoms. The molecule has 0 aromatic carbocycles. The molecule has 0 radical (unpaired) electrons. The van der Waals surface area contributed by atoms with Crippen LogP contribution in [0.1, 0.15) is 30.8 Å². The molecule has 118 valence electrons. The molecule has 0 saturated heterocycles. The number of ether oxygens (including phenoxy) is 1. The predicted molar refractivity (Wildman–Crippen MR) is 73.3 cm³/mol. The number of hydrogen-bond acceptors (Lipinski definition) is 5. The molecule has 0 aliphatic heterocycles. The van der Waals surface area contributed by atoms with Gasteiger partial charge in [0.15, 0.2) is 0 Å². The minimum atomic E-state index is -4.04. The molecule has 1 aromatic rings. The summed E-state index contributed by atoms with van der Waals surface area (Å²) in [7, 11) is -2.88. The van der Waals surface area contributed by atoms with Crippen molar-refractivity contribution in [2.24, 2.45) is 5.92 Å². The first-order valence-corrected chi connectivity index (χ1v) is 7.67. The third kappa shape index (κ3) is 4.57. The fourth-order valence-corrected chi connectivity index (χ4v) is 2.88. The summed E-state index contributed by atoms with van der Waals surface area (Å²) in [6.45, 7) is 3.58. The van der Waals surface area contributed by atoms with E-state index in [0.717, 1.165) is 12.3 Å². The molecule has 1 heterocycles. The van der Waals surface area contributed by atoms with Crippen molar-refractivity contribution in [2.75, 3.05) is 7.11 Å². The summed E-state index contributed by atoms with van der Waals surface area (Å²) in [5.74, 6) is -1.96. The van der Waals surface area contributed by atoms with Crippen molar-refractivity contribution in [1.82, 2.24) is 9.71 Å². The molecule has 0 aliphatic rings. The van der Waals surface area contributed by atoms with Gasteiger partial charge in [0.1, 0.15) is 16.6 Å². The number of carbonyl (C=O) groups excluding carboxylic acids is 1. The number of carbonyl (C=O) groups is 2. The highest BCUT2D eigenvalue weighted by Gasteiger charge is 2.27. The van der Waals surface area contributed by atoms with Gasteiger partial charge >= 0.3 is 11.9 Å². The van der Waals surface area contributed by atoms with Gasteiger partial charge in [-0.05, 0) is 18.4 Å². The highest BCUT2D eigenvalue weighted by Crippen LogP contribution is 2.14. The van der Waals surface area contributed by atoms with Crippen molar-refractivity contribution in [3.63, 3.8) is 0 Å². The van der Waals surface area contributed by atoms with Crippen LogP contribution in [0.5, 0.6) is 0 Å². The Morgan fingerprint density at radius 1 is 1.43 bits per heavy atom. The average molecular weight is 318 g/mol. The molecule has 9 heteroatoms. The summed E-state index contributed by atoms with van der Waals surface area (Å²) >= 11 is 0. The van der Waals surface area contributed by atoms with E-state index in [4.69, 9.17) is 5.11 Å². The van der Waals surface area contributed by atoms with Crippen LogP contribution in [-0.4, -0.2) is 43.6 Å². The number of esters is 1. The predicted octanol–water partition coefficient (Wildman–Crippen LogP) is 0.579. The molecule has 0 bridgehead atoms. The maximum absolute atomic E-state index is 12.1. The zero-order valence-electron chi connectivity index (χ0n) is 11.9. The monoisotopic (exact) mass is 318 g/mol. The van der Waals surface area contributed by atoms with Gasteiger partial charge in [0.05, 0.1) is 7.11 Å². The van der Waals surface area contributed by atoms with Gasteiger partial charge in [0.25, 0.3) is 0 Å². The van der Waals surface area contributed by atoms with Crippen molar-refractivity contribution in [3.8, 4) is 0 Å². The minimum Gasteiger partial charge on any atom is -0.480 e. The van der Waals surface area contributed by atoms with Crippen molar-refractivity contribution < 1.29 is 27.9 Å². The summed E-state index contributed by atoms with van der Waals surface area (Å²) < 4.78 is 30.8. The van der Waals surface area contributed by atoms with E-state index in [1.54, 1.807) is 13.8 Å². The van der Waals surface area contributed by atoms with Crippen LogP contribution in [0.3, 0.4) is 0 Å². The summed E-state index contributed by atoms with van der Waals surface area (Å²) in [6, 6.07) is -0.144. The van der Waals surface area contributed by atoms with Gasteiger partial charge in [-0.2, -0.15) is 4.72 Å². The number of sulfonamides is 1. The lowest BCUT2D eigenvalue weighted by atomic mass is 10.1. The first kappa shape index (κ1) is 17.2. The molecular formula is C12H18N2O6S. The van der Waals surface area contributed by atoms with Gasteiger partial charge in [-0.15, -0.1) is 0 Å². The summed E-state index contributed by atoms with van der Waals surface area (Å²) in [5, 5.41) is 9.05. The standard InChI is InChI=1S/C12H18N2O6S/c1-7(2)4-9(11(15)16)14-21(18,19)8-5-10(13-6-8)12(17)20-3/h5-7,9,13-14H,4H2,1-3H3,(H,15,16)/t9-/m1/s1. The van der Waals surface area contributed by atoms with Crippen LogP contribution >= 0.6 is 0 Å². The molecule has 21 heavy (non-hydrogen) atoms. The fourth-order valence-electron chi connectivity index (χ4n) is 1.68. The van der Waals surface area contributed by atoms with E-state index in [9.17, 15) is 18.0 Å². The second-order valence-electron chi connectivity index (χ2n) is 4.88. The molecule has 8 nitrogen and oxygen atoms in total. The Hall–Kier alpha value is -1.87. The number of aromatic nitrogens is 1. The zero-order valence-corrected chi connectivity index (χ0v) is 12.7. The number of hydrogen-bond donors (Lipinski definition) is 3. The van der Waals surface area contributed by atoms with Crippen LogP contribution in [-0.2, 0) is 19.6 Å². The van der Waals surface area contributed by atoms with Crippen molar-refractivity contribution in [3.05, 3.63) is 18.0 Å². The Balaban J connectivity index is 2.97. The second-order valence-corrected chi connectivity index (χ2v) is 6.60. The normalized spacial score (nSPS) is 13.1. The molecule has 1 atom stereocenters. The average Bonchev–Trinajstić information content (AvgIpc) is 2.86. The van der Waals surface area contributed by atoms with Gasteiger partial charge in [0.2, 0.25) is 10.0 Å². The molecule has 3 N–H and O–H groups in total. The lowest BCUT2D eigenvalue weighted by molar-refractivity contribution is -0.139. The number of carboxylic acids is 1. The van der Waals surface area contributed by atoms with Crippen LogP contribution < -0.4 is 4.72 Å². The number of nitrogens with one attached hydrogen (secondary N) is 2. The third-order valence-electron chi connectivity index (χ3n) is 2.67. The molecule has 0 saturated carbocycles. The largest absolute Gasteiger partial charge is 0.480 e. The van der Waals surface area contributed by atoms with Crippen LogP contribution in [0.4, 0.5) is 0 Å². The summed E-state index contributed by atoms with van der Waals surface area (Å²) in [4.78, 5) is 24.6. The maximum Gasteiger partial charge on any atom is 0.354 e. The lowest BCUT2D eigenvalue weighted by Gasteiger charge is -2.15. The van der Waals surface area contributed by atoms with E-state index in [1.807, 2.05) is 0 Å². The van der Waals surface area contributed by atoms with Crippen molar-refractivity contribution >= 4 is 22.0 Å². The van der Waals surface area contributed by atoms with Gasteiger partial charge in [-0.25, -0.2) is 13.2 Å². The number of rotatable bonds is 7. The van der Waals surface area contributed by atoms with E-state index in [-0.39, 0.29) is 22.9 Å². The van der Waals surface area contributed by atoms with Crippen molar-refractivity contribution in [1.29, 1.82) is 0 Å². The van der Waals surface area contributed by atoms with E-state index in [2.05, 4.69) is 14.4 Å². The Labute approximate surface area is 122 Å². The van der Waals surface area contributed by atoms with Crippen LogP contribution in [0, 0.1) is 5.92 Å². The van der Waals surface area contributed by atoms with E-state index < -0.39 is 28.0 Å². The second kappa shape index (κ2) is 6.72. The van der Waals surface area contributed by atoms with E-state index in [0.29, 0.717) is 0 Å². The first-order valence-electron chi connectivity index (χ1n) is 6.19. The van der Waals surface area contributed by atoms with Crippen LogP contribution in [0.15, 0.2) is 17.2 Å². The Morgan fingerprint density at radius 3 is 2.52 bits per heavy atom. The zero-order chi connectivity index (χ0) is 16.2. The van der Waals surface area contributed by atoms with E-state index in [1.165, 1.54) is 7.11 Å². The van der Waals surface area contributed by atoms with Gasteiger partial charge in [0, 0.05) is 6.20 Å². The number of H-pyrrole nitrogens is 1. The van der Waals surface area contributed by atoms with Crippen molar-refractivity contribution in [2.45, 2.75) is 31.2 Å². The molecule has 1 rings (SSSR count). The highest BCUT2D eigenvalue weighted by molar-refractivity contribution is 7.89. The summed E-state index contributed by atoms with van der Waals surface area (Å²) in [5.41, 5.74) is -0.0337. The quantitative estimate of drug-likeness (QED) is 0.631. The minimum absolute atomic E-state index is 0.00524. The molecule has 0 aliphatic carbocycles. The molecular weight excluding hydrogens is 300 g/mol. The Bertz CT molecular complexity index is 619. The smallest absolute Gasteiger partial charge is 0.354 e. The Morgan fingerprint density at radius 2 is 2.05 bits per heavy atom. The molecule has 0 amide bonds. The fraction of sp³-hybridized carbons (Fsp3) is 0.500. The van der Waals surface area contributed by atoms with E-state index >= 15 is 0 Å². The van der Waals surface area contributed by atoms with Crippen LogP contribution in [0.2, 0.25) is 0 Å². The summed E-state index contributed by atoms with van der Waals surface area (Å²) in [6.07, 6.45) is 1.26. The highest BCUT2D eigenvalue weighted by atomic mass is 32.2. The molecule has 1 aromatic heterocycles.